The topological polar surface area (TPSA) is 26.3 Å². The van der Waals surface area contributed by atoms with Crippen LogP contribution in [0.25, 0.3) is 0 Å². The fourth-order valence-corrected chi connectivity index (χ4v) is 1.90. The van der Waals surface area contributed by atoms with E-state index in [1.165, 1.54) is 19.3 Å². The van der Waals surface area contributed by atoms with Gasteiger partial charge in [0.05, 0.1) is 6.61 Å². The lowest BCUT2D eigenvalue weighted by atomic mass is 10.1. The maximum absolute atomic E-state index is 11.3. The molecule has 0 N–H and O–H groups in total. The Kier molecular flexibility index (Phi) is 13.0. The maximum Gasteiger partial charge on any atom is 0.305 e. The second-order valence-corrected chi connectivity index (χ2v) is 4.93. The predicted octanol–water partition coefficient (Wildman–Crippen LogP) is 4.46. The minimum absolute atomic E-state index is 0.0182. The van der Waals surface area contributed by atoms with Gasteiger partial charge in [0.2, 0.25) is 0 Å². The summed E-state index contributed by atoms with van der Waals surface area (Å²) in [6, 6.07) is 0. The molecule has 0 aromatic heterocycles. The first-order chi connectivity index (χ1) is 7.81. The summed E-state index contributed by atoms with van der Waals surface area (Å²) in [4.78, 5) is 11.3. The van der Waals surface area contributed by atoms with Gasteiger partial charge in [0, 0.05) is 11.8 Å². The number of rotatable bonds is 11. The van der Waals surface area contributed by atoms with Crippen molar-refractivity contribution in [1.82, 2.24) is 0 Å². The number of carbonyl (C=O) groups is 1. The maximum atomic E-state index is 11.3. The predicted molar refractivity (Wildman–Crippen MR) is 72.0 cm³/mol. The SMILES string of the molecule is CCCCCCCC(=O)OCCCCCBr. The van der Waals surface area contributed by atoms with Crippen molar-refractivity contribution in [2.75, 3.05) is 11.9 Å². The van der Waals surface area contributed by atoms with Gasteiger partial charge in [-0.25, -0.2) is 0 Å². The van der Waals surface area contributed by atoms with Crippen molar-refractivity contribution in [2.45, 2.75) is 64.7 Å². The first kappa shape index (κ1) is 16.0. The van der Waals surface area contributed by atoms with Gasteiger partial charge in [-0.1, -0.05) is 48.5 Å². The fourth-order valence-electron chi connectivity index (χ4n) is 1.50. The fraction of sp³-hybridized carbons (Fsp3) is 0.923. The van der Waals surface area contributed by atoms with Crippen LogP contribution in [0.4, 0.5) is 0 Å². The molecule has 0 aliphatic heterocycles. The van der Waals surface area contributed by atoms with Crippen LogP contribution >= 0.6 is 15.9 Å². The summed E-state index contributed by atoms with van der Waals surface area (Å²) < 4.78 is 5.14. The van der Waals surface area contributed by atoms with E-state index < -0.39 is 0 Å². The van der Waals surface area contributed by atoms with E-state index in [4.69, 9.17) is 4.74 Å². The van der Waals surface area contributed by atoms with Crippen LogP contribution in [0, 0.1) is 0 Å². The number of esters is 1. The molecule has 0 fully saturated rings. The van der Waals surface area contributed by atoms with Crippen molar-refractivity contribution in [3.05, 3.63) is 0 Å². The van der Waals surface area contributed by atoms with E-state index in [0.29, 0.717) is 13.0 Å². The highest BCUT2D eigenvalue weighted by Crippen LogP contribution is 2.06. The third kappa shape index (κ3) is 12.0. The Hall–Kier alpha value is -0.0500. The van der Waals surface area contributed by atoms with Gasteiger partial charge in [-0.05, 0) is 25.7 Å². The Morgan fingerprint density at radius 3 is 2.38 bits per heavy atom. The van der Waals surface area contributed by atoms with Crippen LogP contribution in [0.15, 0.2) is 0 Å². The summed E-state index contributed by atoms with van der Waals surface area (Å²) in [5, 5.41) is 1.04. The third-order valence-corrected chi connectivity index (χ3v) is 3.09. The number of halogens is 1. The summed E-state index contributed by atoms with van der Waals surface area (Å²) in [6.45, 7) is 2.79. The van der Waals surface area contributed by atoms with Crippen LogP contribution < -0.4 is 0 Å². The van der Waals surface area contributed by atoms with Gasteiger partial charge in [0.15, 0.2) is 0 Å². The molecule has 0 atom stereocenters. The number of hydrogen-bond acceptors (Lipinski definition) is 2. The molecule has 0 saturated carbocycles. The van der Waals surface area contributed by atoms with Gasteiger partial charge in [-0.15, -0.1) is 0 Å². The zero-order valence-corrected chi connectivity index (χ0v) is 12.1. The first-order valence-electron chi connectivity index (χ1n) is 6.52. The van der Waals surface area contributed by atoms with Gasteiger partial charge >= 0.3 is 5.97 Å². The lowest BCUT2D eigenvalue weighted by molar-refractivity contribution is -0.143. The van der Waals surface area contributed by atoms with Crippen molar-refractivity contribution in [1.29, 1.82) is 0 Å². The Labute approximate surface area is 108 Å². The number of carbonyl (C=O) groups excluding carboxylic acids is 1. The smallest absolute Gasteiger partial charge is 0.305 e. The van der Waals surface area contributed by atoms with Crippen molar-refractivity contribution < 1.29 is 9.53 Å². The van der Waals surface area contributed by atoms with Gasteiger partial charge < -0.3 is 4.74 Å². The van der Waals surface area contributed by atoms with Crippen LogP contribution in [0.1, 0.15) is 64.7 Å². The average molecular weight is 293 g/mol. The minimum atomic E-state index is -0.0182. The molecule has 0 aliphatic rings. The molecule has 0 aliphatic carbocycles. The largest absolute Gasteiger partial charge is 0.466 e. The second kappa shape index (κ2) is 13.0. The molecule has 96 valence electrons. The molecule has 2 nitrogen and oxygen atoms in total. The van der Waals surface area contributed by atoms with Crippen LogP contribution in [0.3, 0.4) is 0 Å². The van der Waals surface area contributed by atoms with E-state index in [2.05, 4.69) is 22.9 Å². The first-order valence-corrected chi connectivity index (χ1v) is 7.65. The summed E-state index contributed by atoms with van der Waals surface area (Å²) in [5.74, 6) is -0.0182. The Morgan fingerprint density at radius 1 is 1.00 bits per heavy atom. The summed E-state index contributed by atoms with van der Waals surface area (Å²) in [6.07, 6.45) is 9.81. The average Bonchev–Trinajstić information content (AvgIpc) is 2.28. The zero-order chi connectivity index (χ0) is 12.1. The summed E-state index contributed by atoms with van der Waals surface area (Å²) >= 11 is 3.38. The second-order valence-electron chi connectivity index (χ2n) is 4.13. The van der Waals surface area contributed by atoms with Crippen LogP contribution in [-0.4, -0.2) is 17.9 Å². The monoisotopic (exact) mass is 292 g/mol. The Morgan fingerprint density at radius 2 is 1.69 bits per heavy atom. The van der Waals surface area contributed by atoms with E-state index >= 15 is 0 Å². The van der Waals surface area contributed by atoms with Crippen LogP contribution in [0.5, 0.6) is 0 Å². The van der Waals surface area contributed by atoms with Crippen LogP contribution in [0.2, 0.25) is 0 Å². The molecule has 0 bridgehead atoms. The molecule has 0 aromatic rings. The molecule has 0 heterocycles. The van der Waals surface area contributed by atoms with Crippen molar-refractivity contribution >= 4 is 21.9 Å². The summed E-state index contributed by atoms with van der Waals surface area (Å²) in [5.41, 5.74) is 0. The number of ether oxygens (including phenoxy) is 1. The molecule has 0 aromatic carbocycles. The molecular weight excluding hydrogens is 268 g/mol. The molecule has 0 radical (unpaired) electrons. The van der Waals surface area contributed by atoms with E-state index in [-0.39, 0.29) is 5.97 Å². The molecule has 0 rings (SSSR count). The third-order valence-electron chi connectivity index (χ3n) is 2.53. The molecule has 0 unspecified atom stereocenters. The van der Waals surface area contributed by atoms with Gasteiger partial charge in [-0.3, -0.25) is 4.79 Å². The van der Waals surface area contributed by atoms with Gasteiger partial charge in [0.1, 0.15) is 0 Å². The minimum Gasteiger partial charge on any atom is -0.466 e. The quantitative estimate of drug-likeness (QED) is 0.319. The molecule has 0 amide bonds. The molecule has 16 heavy (non-hydrogen) atoms. The number of unbranched alkanes of at least 4 members (excludes halogenated alkanes) is 6. The Balaban J connectivity index is 3.12. The van der Waals surface area contributed by atoms with Gasteiger partial charge in [0.25, 0.3) is 0 Å². The highest BCUT2D eigenvalue weighted by Gasteiger charge is 2.01. The lowest BCUT2D eigenvalue weighted by Gasteiger charge is -2.04. The molecular formula is C13H25BrO2. The number of hydrogen-bond donors (Lipinski definition) is 0. The van der Waals surface area contributed by atoms with E-state index in [1.54, 1.807) is 0 Å². The van der Waals surface area contributed by atoms with Crippen molar-refractivity contribution in [3.63, 3.8) is 0 Å². The highest BCUT2D eigenvalue weighted by atomic mass is 79.9. The number of alkyl halides is 1. The van der Waals surface area contributed by atoms with E-state index in [1.807, 2.05) is 0 Å². The van der Waals surface area contributed by atoms with Gasteiger partial charge in [-0.2, -0.15) is 0 Å². The Bertz CT molecular complexity index is 144. The van der Waals surface area contributed by atoms with Crippen LogP contribution in [-0.2, 0) is 9.53 Å². The van der Waals surface area contributed by atoms with E-state index in [9.17, 15) is 4.79 Å². The van der Waals surface area contributed by atoms with E-state index in [0.717, 1.165) is 37.4 Å². The molecule has 0 spiro atoms. The standard InChI is InChI=1S/C13H25BrO2/c1-2-3-4-5-7-10-13(15)16-12-9-6-8-11-14/h2-12H2,1H3. The molecule has 0 saturated heterocycles. The normalized spacial score (nSPS) is 10.4. The highest BCUT2D eigenvalue weighted by molar-refractivity contribution is 9.09. The zero-order valence-electron chi connectivity index (χ0n) is 10.5. The summed E-state index contributed by atoms with van der Waals surface area (Å²) in [7, 11) is 0. The molecule has 3 heteroatoms. The van der Waals surface area contributed by atoms with Crippen molar-refractivity contribution in [2.24, 2.45) is 0 Å². The lowest BCUT2D eigenvalue weighted by Crippen LogP contribution is -2.05. The van der Waals surface area contributed by atoms with Crippen molar-refractivity contribution in [3.8, 4) is 0 Å².